The van der Waals surface area contributed by atoms with E-state index in [1.165, 1.54) is 9.03 Å². The molecule has 18 heteroatoms. The van der Waals surface area contributed by atoms with Crippen molar-refractivity contribution in [3.63, 3.8) is 0 Å². The van der Waals surface area contributed by atoms with Gasteiger partial charge >= 0.3 is 11.9 Å². The first kappa shape index (κ1) is 39.5. The number of carbonyl (C=O) groups is 2. The number of aliphatic carboxylic acids is 2. The zero-order chi connectivity index (χ0) is 41.2. The van der Waals surface area contributed by atoms with Gasteiger partial charge in [0.05, 0.1) is 33.6 Å². The Bertz CT molecular complexity index is 2560. The van der Waals surface area contributed by atoms with Gasteiger partial charge < -0.3 is 29.6 Å². The smallest absolute Gasteiger partial charge is 0.323 e. The van der Waals surface area contributed by atoms with Gasteiger partial charge in [-0.3, -0.25) is 29.0 Å². The van der Waals surface area contributed by atoms with Crippen molar-refractivity contribution in [3.05, 3.63) is 103 Å². The molecule has 0 amide bonds. The molecule has 0 bridgehead atoms. The molecule has 0 spiro atoms. The molecule has 4 atom stereocenters. The van der Waals surface area contributed by atoms with Crippen LogP contribution in [0.25, 0.3) is 44.7 Å². The number of halogens is 2. The molecule has 302 valence electrons. The molecule has 2 fully saturated rings. The molecule has 6 aromatic rings. The van der Waals surface area contributed by atoms with E-state index in [1.807, 2.05) is 24.3 Å². The maximum absolute atomic E-state index is 13.7. The third-order valence-electron chi connectivity index (χ3n) is 11.4. The molecule has 2 aliphatic rings. The van der Waals surface area contributed by atoms with Crippen LogP contribution in [0.15, 0.2) is 70.5 Å². The number of aliphatic hydroxyl groups excluding tert-OH is 2. The molecular formula is C40H40Cl2N8O8. The highest BCUT2D eigenvalue weighted by Crippen LogP contribution is 2.42. The summed E-state index contributed by atoms with van der Waals surface area (Å²) in [6, 6.07) is 12.1. The molecule has 0 aliphatic carbocycles. The first-order chi connectivity index (χ1) is 27.7. The lowest BCUT2D eigenvalue weighted by molar-refractivity contribution is -0.146. The Hall–Kier alpha value is -5.36. The van der Waals surface area contributed by atoms with Gasteiger partial charge in [-0.15, -0.1) is 0 Å². The van der Waals surface area contributed by atoms with E-state index in [0.717, 1.165) is 0 Å². The average molecular weight is 832 g/mol. The second kappa shape index (κ2) is 15.4. The molecule has 4 aromatic heterocycles. The number of fused-ring (bicyclic) bond motifs is 2. The highest BCUT2D eigenvalue weighted by molar-refractivity contribution is 6.39. The fraction of sp³-hybridized carbons (Fsp3) is 0.350. The van der Waals surface area contributed by atoms with E-state index in [2.05, 4.69) is 10.2 Å². The van der Waals surface area contributed by atoms with Gasteiger partial charge in [-0.05, 0) is 38.8 Å². The molecule has 58 heavy (non-hydrogen) atoms. The number of likely N-dealkylation sites (tertiary alicyclic amines) is 2. The molecule has 2 saturated heterocycles. The molecule has 4 unspecified atom stereocenters. The van der Waals surface area contributed by atoms with Gasteiger partial charge in [-0.2, -0.15) is 10.2 Å². The highest BCUT2D eigenvalue weighted by atomic mass is 35.5. The number of aromatic nitrogens is 6. The average Bonchev–Trinajstić information content (AvgIpc) is 3.97. The Balaban J connectivity index is 1.08. The second-order valence-corrected chi connectivity index (χ2v) is 15.6. The van der Waals surface area contributed by atoms with Crippen molar-refractivity contribution in [2.75, 3.05) is 26.2 Å². The van der Waals surface area contributed by atoms with Crippen LogP contribution in [0.3, 0.4) is 0 Å². The van der Waals surface area contributed by atoms with Crippen LogP contribution in [-0.4, -0.2) is 121 Å². The van der Waals surface area contributed by atoms with Crippen molar-refractivity contribution in [2.24, 2.45) is 0 Å². The lowest BCUT2D eigenvalue weighted by atomic mass is 9.98. The Morgan fingerprint density at radius 2 is 1.03 bits per heavy atom. The van der Waals surface area contributed by atoms with E-state index in [9.17, 15) is 39.6 Å². The monoisotopic (exact) mass is 830 g/mol. The molecule has 16 nitrogen and oxygen atoms in total. The molecular weight excluding hydrogens is 791 g/mol. The van der Waals surface area contributed by atoms with Crippen LogP contribution in [0.4, 0.5) is 0 Å². The molecule has 2 aliphatic heterocycles. The van der Waals surface area contributed by atoms with Crippen LogP contribution in [0, 0.1) is 13.8 Å². The molecule has 6 heterocycles. The van der Waals surface area contributed by atoms with Gasteiger partial charge in [0.15, 0.2) is 0 Å². The van der Waals surface area contributed by atoms with Crippen LogP contribution < -0.4 is 11.1 Å². The topological polar surface area (TPSA) is 200 Å². The first-order valence-corrected chi connectivity index (χ1v) is 19.6. The number of nitrogens with zero attached hydrogens (tertiary/aromatic N) is 8. The summed E-state index contributed by atoms with van der Waals surface area (Å²) in [6.07, 6.45) is 2.22. The van der Waals surface area contributed by atoms with Crippen molar-refractivity contribution < 1.29 is 30.0 Å². The third-order valence-corrected chi connectivity index (χ3v) is 12.2. The maximum atomic E-state index is 13.7. The van der Waals surface area contributed by atoms with Crippen LogP contribution in [0.2, 0.25) is 10.0 Å². The predicted octanol–water partition coefficient (Wildman–Crippen LogP) is 3.27. The molecule has 8 rings (SSSR count). The van der Waals surface area contributed by atoms with Crippen molar-refractivity contribution in [3.8, 4) is 33.6 Å². The summed E-state index contributed by atoms with van der Waals surface area (Å²) in [4.78, 5) is 54.3. The molecule has 2 aromatic carbocycles. The number of carboxylic acid groups (broad SMARTS) is 2. The van der Waals surface area contributed by atoms with Gasteiger partial charge in [0.25, 0.3) is 11.1 Å². The number of hydrogen-bond acceptors (Lipinski definition) is 10. The largest absolute Gasteiger partial charge is 0.480 e. The Morgan fingerprint density at radius 3 is 1.41 bits per heavy atom. The normalized spacial score (nSPS) is 20.2. The first-order valence-electron chi connectivity index (χ1n) is 18.8. The lowest BCUT2D eigenvalue weighted by Gasteiger charge is -2.23. The summed E-state index contributed by atoms with van der Waals surface area (Å²) in [5.74, 6) is -2.19. The number of rotatable bonds is 11. The van der Waals surface area contributed by atoms with Gasteiger partial charge in [0, 0.05) is 85.3 Å². The van der Waals surface area contributed by atoms with Crippen molar-refractivity contribution in [1.82, 2.24) is 38.2 Å². The van der Waals surface area contributed by atoms with Gasteiger partial charge in [0.2, 0.25) is 0 Å². The standard InChI is InChI=1S/C40H40Cl2N8O8/c1-21-19-49-29(37(53)47(21)15-13-45-11-9-31(51)35(45)39(55)56)17-27(43-49)25-7-3-5-23(33(25)41)24-6-4-8-26(34(24)42)28-18-30-38(54)48(22(2)20-50(30)44-28)16-14-46-12-10-32(52)36(46)40(57)58/h3-8,17-20,31-32,35-36,51-52H,9-16H2,1-2H3,(H,55,56)(H,57,58). The number of hydrogen-bond donors (Lipinski definition) is 4. The Labute approximate surface area is 340 Å². The molecule has 0 radical (unpaired) electrons. The van der Waals surface area contributed by atoms with E-state index in [0.29, 0.717) is 92.0 Å². The van der Waals surface area contributed by atoms with Gasteiger partial charge in [-0.25, -0.2) is 9.03 Å². The predicted molar refractivity (Wildman–Crippen MR) is 216 cm³/mol. The lowest BCUT2D eigenvalue weighted by Crippen LogP contribution is -2.43. The molecule has 4 N–H and O–H groups in total. The SMILES string of the molecule is Cc1cn2nc(-c3cccc(-c4cccc(-c5cc6c(=O)n(CCN7CCC(O)C7C(=O)O)c(C)cn6n5)c4Cl)c3Cl)cc2c(=O)n1CCN1CCC(O)C1C(=O)O. The van der Waals surface area contributed by atoms with Gasteiger partial charge in [-0.1, -0.05) is 59.6 Å². The summed E-state index contributed by atoms with van der Waals surface area (Å²) < 4.78 is 6.15. The minimum Gasteiger partial charge on any atom is -0.480 e. The van der Waals surface area contributed by atoms with E-state index in [1.54, 1.807) is 69.4 Å². The summed E-state index contributed by atoms with van der Waals surface area (Å²) in [5.41, 5.74) is 4.48. The van der Waals surface area contributed by atoms with Crippen molar-refractivity contribution in [1.29, 1.82) is 0 Å². The van der Waals surface area contributed by atoms with Crippen LogP contribution in [0.1, 0.15) is 24.2 Å². The fourth-order valence-corrected chi connectivity index (χ4v) is 9.02. The Morgan fingerprint density at radius 1 is 0.655 bits per heavy atom. The van der Waals surface area contributed by atoms with Gasteiger partial charge in [0.1, 0.15) is 23.1 Å². The second-order valence-electron chi connectivity index (χ2n) is 14.9. The number of aliphatic hydroxyl groups is 2. The summed E-state index contributed by atoms with van der Waals surface area (Å²) >= 11 is 14.2. The fourth-order valence-electron chi connectivity index (χ4n) is 8.37. The Kier molecular flexibility index (Phi) is 10.5. The van der Waals surface area contributed by atoms with E-state index >= 15 is 0 Å². The summed E-state index contributed by atoms with van der Waals surface area (Å²) in [6.45, 7) is 5.38. The summed E-state index contributed by atoms with van der Waals surface area (Å²) in [5, 5.41) is 49.5. The van der Waals surface area contributed by atoms with Crippen LogP contribution in [-0.2, 0) is 22.7 Å². The summed E-state index contributed by atoms with van der Waals surface area (Å²) in [7, 11) is 0. The van der Waals surface area contributed by atoms with Crippen molar-refractivity contribution >= 4 is 46.2 Å². The maximum Gasteiger partial charge on any atom is 0.323 e. The van der Waals surface area contributed by atoms with Crippen LogP contribution in [0.5, 0.6) is 0 Å². The third kappa shape index (κ3) is 6.88. The van der Waals surface area contributed by atoms with E-state index in [4.69, 9.17) is 23.2 Å². The van der Waals surface area contributed by atoms with E-state index < -0.39 is 36.2 Å². The minimum absolute atomic E-state index is 0.227. The number of benzene rings is 2. The van der Waals surface area contributed by atoms with E-state index in [-0.39, 0.29) is 37.3 Å². The highest BCUT2D eigenvalue weighted by Gasteiger charge is 2.39. The number of carboxylic acids is 2. The van der Waals surface area contributed by atoms with Crippen LogP contribution >= 0.6 is 23.2 Å². The van der Waals surface area contributed by atoms with Crippen molar-refractivity contribution in [2.45, 2.75) is 64.1 Å². The number of aryl methyl sites for hydroxylation is 2. The quantitative estimate of drug-likeness (QED) is 0.149. The minimum atomic E-state index is -1.10. The zero-order valence-electron chi connectivity index (χ0n) is 31.5. The zero-order valence-corrected chi connectivity index (χ0v) is 33.0. The molecule has 0 saturated carbocycles.